The number of hydrogen-bond acceptors (Lipinski definition) is 3. The summed E-state index contributed by atoms with van der Waals surface area (Å²) in [6.07, 6.45) is 20.0. The van der Waals surface area contributed by atoms with Crippen LogP contribution in [0, 0.1) is 0 Å². The second-order valence-electron chi connectivity index (χ2n) is 6.95. The highest BCUT2D eigenvalue weighted by Crippen LogP contribution is 2.27. The topological polar surface area (TPSA) is 46.5 Å². The van der Waals surface area contributed by atoms with Crippen molar-refractivity contribution in [3.05, 3.63) is 81.6 Å². The maximum Gasteiger partial charge on any atom is 0.303 e. The second-order valence-corrected chi connectivity index (χ2v) is 7.62. The maximum absolute atomic E-state index is 10.6. The number of thiol groups is 1. The van der Waals surface area contributed by atoms with E-state index < -0.39 is 5.97 Å². The van der Waals surface area contributed by atoms with Crippen LogP contribution < -0.4 is 0 Å². The van der Waals surface area contributed by atoms with Gasteiger partial charge in [0.05, 0.1) is 0 Å². The summed E-state index contributed by atoms with van der Waals surface area (Å²) in [7, 11) is 0. The average molecular weight is 415 g/mol. The Morgan fingerprint density at radius 3 is 2.72 bits per heavy atom. The number of ether oxygens (including phenoxy) is 1. The molecule has 1 aliphatic rings. The van der Waals surface area contributed by atoms with E-state index in [4.69, 9.17) is 9.84 Å². The van der Waals surface area contributed by atoms with Crippen molar-refractivity contribution in [2.45, 2.75) is 59.8 Å². The molecule has 0 fully saturated rings. The molecule has 1 aliphatic carbocycles. The Morgan fingerprint density at radius 1 is 1.34 bits per heavy atom. The van der Waals surface area contributed by atoms with Crippen molar-refractivity contribution in [2.75, 3.05) is 6.61 Å². The van der Waals surface area contributed by atoms with Gasteiger partial charge in [-0.15, -0.1) is 12.6 Å². The van der Waals surface area contributed by atoms with Crippen LogP contribution in [-0.2, 0) is 9.53 Å². The van der Waals surface area contributed by atoms with E-state index in [9.17, 15) is 4.79 Å². The van der Waals surface area contributed by atoms with Gasteiger partial charge in [-0.3, -0.25) is 4.79 Å². The molecule has 0 radical (unpaired) electrons. The first-order chi connectivity index (χ1) is 13.9. The number of carbonyl (C=O) groups is 1. The molecule has 0 aromatic rings. The van der Waals surface area contributed by atoms with E-state index in [2.05, 4.69) is 63.8 Å². The average Bonchev–Trinajstić information content (AvgIpc) is 2.91. The van der Waals surface area contributed by atoms with Gasteiger partial charge in [-0.1, -0.05) is 43.4 Å². The third-order valence-corrected chi connectivity index (χ3v) is 4.95. The largest absolute Gasteiger partial charge is 0.490 e. The van der Waals surface area contributed by atoms with Crippen LogP contribution >= 0.6 is 12.6 Å². The standard InChI is InChI=1S/C25H34O3S/c1-5-11-23(14-8-7-9-15-25(26)27)28-18-21-12-10-13-22(17-16-21)24(6-2)19(3)20(4)29/h6,8,10-14,17,29H,5,7,9,15-16,18H2,1-4H3,(H,26,27)/b14-8-,20-19-,23-11+,24-6-. The molecule has 3 nitrogen and oxygen atoms in total. The zero-order chi connectivity index (χ0) is 21.6. The summed E-state index contributed by atoms with van der Waals surface area (Å²) in [5.74, 6) is 0.0795. The Labute approximate surface area is 181 Å². The van der Waals surface area contributed by atoms with E-state index in [0.29, 0.717) is 13.0 Å². The van der Waals surface area contributed by atoms with Gasteiger partial charge in [0.15, 0.2) is 0 Å². The molecule has 0 aromatic heterocycles. The number of rotatable bonds is 11. The molecule has 0 amide bonds. The number of carboxylic acid groups (broad SMARTS) is 1. The van der Waals surface area contributed by atoms with Gasteiger partial charge in [-0.05, 0) is 85.8 Å². The van der Waals surface area contributed by atoms with Crippen LogP contribution in [-0.4, -0.2) is 17.7 Å². The molecule has 0 saturated carbocycles. The Kier molecular flexibility index (Phi) is 11.9. The second kappa shape index (κ2) is 13.9. The van der Waals surface area contributed by atoms with Crippen LogP contribution in [0.4, 0.5) is 0 Å². The monoisotopic (exact) mass is 414 g/mol. The fraction of sp³-hybridized carbons (Fsp3) is 0.400. The van der Waals surface area contributed by atoms with Crippen LogP contribution in [0.2, 0.25) is 0 Å². The first kappa shape index (κ1) is 24.8. The molecule has 0 heterocycles. The Balaban J connectivity index is 2.69. The van der Waals surface area contributed by atoms with Gasteiger partial charge < -0.3 is 9.84 Å². The van der Waals surface area contributed by atoms with Crippen LogP contribution in [0.1, 0.15) is 59.8 Å². The van der Waals surface area contributed by atoms with Crippen molar-refractivity contribution in [1.29, 1.82) is 0 Å². The van der Waals surface area contributed by atoms with Crippen molar-refractivity contribution >= 4 is 18.6 Å². The van der Waals surface area contributed by atoms with E-state index >= 15 is 0 Å². The third-order valence-electron chi connectivity index (χ3n) is 4.61. The fourth-order valence-electron chi connectivity index (χ4n) is 2.89. The molecule has 29 heavy (non-hydrogen) atoms. The smallest absolute Gasteiger partial charge is 0.303 e. The number of allylic oxidation sites excluding steroid dienone is 12. The van der Waals surface area contributed by atoms with Gasteiger partial charge in [0.2, 0.25) is 0 Å². The molecule has 0 unspecified atom stereocenters. The van der Waals surface area contributed by atoms with Crippen molar-refractivity contribution in [3.63, 3.8) is 0 Å². The van der Waals surface area contributed by atoms with Gasteiger partial charge in [0.1, 0.15) is 12.4 Å². The highest BCUT2D eigenvalue weighted by Gasteiger charge is 2.08. The van der Waals surface area contributed by atoms with E-state index in [1.54, 1.807) is 0 Å². The van der Waals surface area contributed by atoms with Crippen LogP contribution in [0.25, 0.3) is 0 Å². The molecule has 4 heteroatoms. The first-order valence-corrected chi connectivity index (χ1v) is 10.6. The summed E-state index contributed by atoms with van der Waals surface area (Å²) in [6.45, 7) is 8.76. The highest BCUT2D eigenvalue weighted by atomic mass is 32.1. The van der Waals surface area contributed by atoms with Gasteiger partial charge in [0, 0.05) is 6.42 Å². The number of unbranched alkanes of at least 4 members (excludes halogenated alkanes) is 1. The predicted molar refractivity (Wildman–Crippen MR) is 126 cm³/mol. The Morgan fingerprint density at radius 2 is 2.10 bits per heavy atom. The van der Waals surface area contributed by atoms with Gasteiger partial charge >= 0.3 is 5.97 Å². The van der Waals surface area contributed by atoms with Crippen molar-refractivity contribution in [2.24, 2.45) is 0 Å². The summed E-state index contributed by atoms with van der Waals surface area (Å²) >= 11 is 4.49. The molecule has 0 saturated heterocycles. The molecule has 1 rings (SSSR count). The lowest BCUT2D eigenvalue weighted by molar-refractivity contribution is -0.137. The zero-order valence-electron chi connectivity index (χ0n) is 18.1. The summed E-state index contributed by atoms with van der Waals surface area (Å²) < 4.78 is 6.00. The molecular formula is C25H34O3S. The quantitative estimate of drug-likeness (QED) is 0.164. The minimum absolute atomic E-state index is 0.196. The Hall–Kier alpha value is -2.20. The molecular weight excluding hydrogens is 380 g/mol. The highest BCUT2D eigenvalue weighted by molar-refractivity contribution is 7.84. The lowest BCUT2D eigenvalue weighted by atomic mass is 9.97. The summed E-state index contributed by atoms with van der Waals surface area (Å²) in [6, 6.07) is 0. The van der Waals surface area contributed by atoms with E-state index in [1.165, 1.54) is 22.3 Å². The van der Waals surface area contributed by atoms with E-state index in [0.717, 1.165) is 29.9 Å². The molecule has 0 bridgehead atoms. The van der Waals surface area contributed by atoms with Crippen LogP contribution in [0.3, 0.4) is 0 Å². The summed E-state index contributed by atoms with van der Waals surface area (Å²) in [5, 5.41) is 8.70. The zero-order valence-corrected chi connectivity index (χ0v) is 19.0. The lowest BCUT2D eigenvalue weighted by Gasteiger charge is -2.11. The van der Waals surface area contributed by atoms with Gasteiger partial charge in [0.25, 0.3) is 0 Å². The fourth-order valence-corrected chi connectivity index (χ4v) is 3.01. The normalized spacial score (nSPS) is 16.3. The molecule has 1 N–H and O–H groups in total. The minimum Gasteiger partial charge on any atom is -0.490 e. The molecule has 0 atom stereocenters. The van der Waals surface area contributed by atoms with Crippen LogP contribution in [0.5, 0.6) is 0 Å². The SMILES string of the molecule is C/C=C(C1=CCC(COC(/C=C\CCCC(=O)O)=C/CC)=CC=C1)/C(C)=C(/C)S. The third kappa shape index (κ3) is 9.71. The van der Waals surface area contributed by atoms with Crippen molar-refractivity contribution in [3.8, 4) is 0 Å². The van der Waals surface area contributed by atoms with E-state index in [1.807, 2.05) is 25.2 Å². The van der Waals surface area contributed by atoms with Gasteiger partial charge in [-0.25, -0.2) is 0 Å². The Bertz CT molecular complexity index is 770. The first-order valence-electron chi connectivity index (χ1n) is 10.2. The summed E-state index contributed by atoms with van der Waals surface area (Å²) in [4.78, 5) is 11.6. The number of carboxylic acids is 1. The molecule has 0 aromatic carbocycles. The molecule has 158 valence electrons. The number of aliphatic carboxylic acids is 1. The molecule has 0 spiro atoms. The van der Waals surface area contributed by atoms with Gasteiger partial charge in [-0.2, -0.15) is 0 Å². The number of hydrogen-bond donors (Lipinski definition) is 2. The van der Waals surface area contributed by atoms with Crippen LogP contribution in [0.15, 0.2) is 81.6 Å². The minimum atomic E-state index is -0.754. The summed E-state index contributed by atoms with van der Waals surface area (Å²) in [5.41, 5.74) is 4.80. The predicted octanol–water partition coefficient (Wildman–Crippen LogP) is 7.09. The maximum atomic E-state index is 10.6. The molecule has 0 aliphatic heterocycles. The van der Waals surface area contributed by atoms with E-state index in [-0.39, 0.29) is 6.42 Å². The lowest BCUT2D eigenvalue weighted by Crippen LogP contribution is -1.97. The van der Waals surface area contributed by atoms with Crippen molar-refractivity contribution in [1.82, 2.24) is 0 Å². The van der Waals surface area contributed by atoms with Crippen molar-refractivity contribution < 1.29 is 14.6 Å².